The maximum atomic E-state index is 11.8. The van der Waals surface area contributed by atoms with Gasteiger partial charge in [0, 0.05) is 38.1 Å². The van der Waals surface area contributed by atoms with Crippen LogP contribution in [0.5, 0.6) is 0 Å². The van der Waals surface area contributed by atoms with Gasteiger partial charge in [-0.15, -0.1) is 0 Å². The Hall–Kier alpha value is -2.46. The third kappa shape index (κ3) is 4.76. The van der Waals surface area contributed by atoms with E-state index in [1.165, 1.54) is 18.8 Å². The van der Waals surface area contributed by atoms with Crippen molar-refractivity contribution in [1.82, 2.24) is 24.7 Å². The van der Waals surface area contributed by atoms with Gasteiger partial charge in [-0.1, -0.05) is 4.68 Å². The summed E-state index contributed by atoms with van der Waals surface area (Å²) in [6.45, 7) is -0.0844. The number of nitrogens with one attached hydrogen (secondary N) is 1. The lowest BCUT2D eigenvalue weighted by atomic mass is 10.3. The van der Waals surface area contributed by atoms with E-state index in [1.807, 2.05) is 0 Å². The zero-order valence-electron chi connectivity index (χ0n) is 12.7. The maximum Gasteiger partial charge on any atom is 0.289 e. The molecule has 2 aromatic heterocycles. The van der Waals surface area contributed by atoms with Crippen LogP contribution in [0.4, 0.5) is 0 Å². The van der Waals surface area contributed by atoms with Gasteiger partial charge in [0.15, 0.2) is 12.0 Å². The highest BCUT2D eigenvalue weighted by Gasteiger charge is 2.17. The van der Waals surface area contributed by atoms with Crippen molar-refractivity contribution in [3.05, 3.63) is 36.9 Å². The van der Waals surface area contributed by atoms with Crippen molar-refractivity contribution in [2.45, 2.75) is 6.54 Å². The molecule has 122 valence electrons. The van der Waals surface area contributed by atoms with E-state index in [0.29, 0.717) is 5.82 Å². The van der Waals surface area contributed by atoms with Gasteiger partial charge in [-0.2, -0.15) is 0 Å². The summed E-state index contributed by atoms with van der Waals surface area (Å²) in [5.41, 5.74) is 0.720. The van der Waals surface area contributed by atoms with E-state index in [9.17, 15) is 13.2 Å². The molecule has 0 radical (unpaired) electrons. The maximum absolute atomic E-state index is 11.8. The number of hydrogen-bond donors (Lipinski definition) is 1. The molecule has 10 heteroatoms. The molecular weight excluding hydrogens is 320 g/mol. The number of rotatable bonds is 6. The van der Waals surface area contributed by atoms with Gasteiger partial charge in [0.05, 0.1) is 0 Å². The van der Waals surface area contributed by atoms with Crippen molar-refractivity contribution >= 4 is 15.9 Å². The van der Waals surface area contributed by atoms with Crippen molar-refractivity contribution in [3.8, 4) is 11.4 Å². The Morgan fingerprint density at radius 1 is 1.30 bits per heavy atom. The zero-order valence-corrected chi connectivity index (χ0v) is 13.6. The van der Waals surface area contributed by atoms with Crippen LogP contribution < -0.4 is 10.00 Å². The minimum Gasteiger partial charge on any atom is -0.335 e. The topological polar surface area (TPSA) is 109 Å². The van der Waals surface area contributed by atoms with Crippen LogP contribution in [-0.2, 0) is 21.4 Å². The second-order valence-electron chi connectivity index (χ2n) is 4.82. The third-order valence-corrected chi connectivity index (χ3v) is 4.53. The molecule has 0 saturated carbocycles. The molecule has 0 aromatic carbocycles. The smallest absolute Gasteiger partial charge is 0.289 e. The molecular formula is C13H17N6O3S+. The summed E-state index contributed by atoms with van der Waals surface area (Å²) >= 11 is 0. The van der Waals surface area contributed by atoms with E-state index < -0.39 is 21.8 Å². The first-order chi connectivity index (χ1) is 10.9. The molecule has 0 unspecified atom stereocenters. The predicted molar refractivity (Wildman–Crippen MR) is 81.1 cm³/mol. The fourth-order valence-electron chi connectivity index (χ4n) is 1.56. The number of nitrogens with zero attached hydrogens (tertiary/aromatic N) is 5. The molecule has 0 spiro atoms. The molecule has 1 amide bonds. The summed E-state index contributed by atoms with van der Waals surface area (Å²) in [5, 5.41) is 6.44. The van der Waals surface area contributed by atoms with E-state index in [0.717, 1.165) is 9.87 Å². The average Bonchev–Trinajstić information content (AvgIpc) is 2.54. The van der Waals surface area contributed by atoms with E-state index in [4.69, 9.17) is 0 Å². The SMILES string of the molecule is CN(C)S(=O)(=O)CNC(=O)C[n+]1ccc(-c2ncccn2)cn1. The standard InChI is InChI=1S/C13H16N6O3S/c1-18(2)23(21,22)10-16-12(20)9-19-7-4-11(8-17-19)13-14-5-3-6-15-13/h3-8H,9-10H2,1-2H3/p+1. The van der Waals surface area contributed by atoms with Crippen molar-refractivity contribution in [1.29, 1.82) is 0 Å². The summed E-state index contributed by atoms with van der Waals surface area (Å²) < 4.78 is 25.6. The fourth-order valence-corrected chi connectivity index (χ4v) is 2.16. The molecule has 0 bridgehead atoms. The van der Waals surface area contributed by atoms with Gasteiger partial charge in [0.1, 0.15) is 12.1 Å². The van der Waals surface area contributed by atoms with Crippen LogP contribution in [0.2, 0.25) is 0 Å². The number of carbonyl (C=O) groups is 1. The van der Waals surface area contributed by atoms with Gasteiger partial charge < -0.3 is 5.32 Å². The first-order valence-corrected chi connectivity index (χ1v) is 8.29. The lowest BCUT2D eigenvalue weighted by Gasteiger charge is -2.10. The van der Waals surface area contributed by atoms with Crippen LogP contribution in [0.3, 0.4) is 0 Å². The number of sulfonamides is 1. The van der Waals surface area contributed by atoms with Crippen LogP contribution in [0, 0.1) is 0 Å². The largest absolute Gasteiger partial charge is 0.335 e. The lowest BCUT2D eigenvalue weighted by molar-refractivity contribution is -0.742. The second-order valence-corrected chi connectivity index (χ2v) is 7.01. The first-order valence-electron chi connectivity index (χ1n) is 6.68. The molecule has 2 heterocycles. The minimum absolute atomic E-state index is 0.0844. The summed E-state index contributed by atoms with van der Waals surface area (Å²) in [6.07, 6.45) is 6.40. The Morgan fingerprint density at radius 2 is 2.00 bits per heavy atom. The van der Waals surface area contributed by atoms with E-state index in [-0.39, 0.29) is 6.54 Å². The Kier molecular flexibility index (Phi) is 5.29. The van der Waals surface area contributed by atoms with Gasteiger partial charge in [-0.25, -0.2) is 22.7 Å². The van der Waals surface area contributed by atoms with Crippen LogP contribution in [0.15, 0.2) is 36.9 Å². The zero-order chi connectivity index (χ0) is 16.9. The molecule has 0 atom stereocenters. The summed E-state index contributed by atoms with van der Waals surface area (Å²) in [6, 6.07) is 3.44. The molecule has 1 N–H and O–H groups in total. The number of carbonyl (C=O) groups excluding carboxylic acids is 1. The van der Waals surface area contributed by atoms with Crippen molar-refractivity contribution < 1.29 is 17.9 Å². The van der Waals surface area contributed by atoms with E-state index >= 15 is 0 Å². The third-order valence-electron chi connectivity index (χ3n) is 2.91. The Balaban J connectivity index is 1.95. The number of aromatic nitrogens is 4. The second kappa shape index (κ2) is 7.20. The normalized spacial score (nSPS) is 11.4. The predicted octanol–water partition coefficient (Wildman–Crippen LogP) is -1.21. The van der Waals surface area contributed by atoms with E-state index in [1.54, 1.807) is 36.9 Å². The number of amides is 1. The minimum atomic E-state index is -3.47. The van der Waals surface area contributed by atoms with Crippen LogP contribution in [0.25, 0.3) is 11.4 Å². The molecule has 0 aliphatic rings. The summed E-state index contributed by atoms with van der Waals surface area (Å²) in [5.74, 6) is -0.361. The summed E-state index contributed by atoms with van der Waals surface area (Å²) in [7, 11) is -0.663. The van der Waals surface area contributed by atoms with Crippen LogP contribution in [-0.4, -0.2) is 53.7 Å². The van der Waals surface area contributed by atoms with Crippen LogP contribution in [0.1, 0.15) is 0 Å². The van der Waals surface area contributed by atoms with Crippen molar-refractivity contribution in [3.63, 3.8) is 0 Å². The Bertz CT molecular complexity index is 762. The average molecular weight is 337 g/mol. The molecule has 0 fully saturated rings. The van der Waals surface area contributed by atoms with Gasteiger partial charge >= 0.3 is 0 Å². The summed E-state index contributed by atoms with van der Waals surface area (Å²) in [4.78, 5) is 20.0. The van der Waals surface area contributed by atoms with Gasteiger partial charge in [-0.05, 0) is 11.2 Å². The molecule has 0 aliphatic carbocycles. The van der Waals surface area contributed by atoms with Gasteiger partial charge in [0.2, 0.25) is 10.0 Å². The molecule has 2 aromatic rings. The lowest BCUT2D eigenvalue weighted by Crippen LogP contribution is -2.47. The fraction of sp³-hybridized carbons (Fsp3) is 0.308. The Labute approximate surface area is 134 Å². The molecule has 23 heavy (non-hydrogen) atoms. The molecule has 9 nitrogen and oxygen atoms in total. The molecule has 0 aliphatic heterocycles. The highest BCUT2D eigenvalue weighted by molar-refractivity contribution is 7.89. The van der Waals surface area contributed by atoms with Gasteiger partial charge in [-0.3, -0.25) is 4.79 Å². The highest BCUT2D eigenvalue weighted by Crippen LogP contribution is 2.08. The highest BCUT2D eigenvalue weighted by atomic mass is 32.2. The van der Waals surface area contributed by atoms with Crippen molar-refractivity contribution in [2.24, 2.45) is 0 Å². The first kappa shape index (κ1) is 16.9. The van der Waals surface area contributed by atoms with Gasteiger partial charge in [0.25, 0.3) is 12.5 Å². The number of hydrogen-bond acceptors (Lipinski definition) is 6. The van der Waals surface area contributed by atoms with E-state index in [2.05, 4.69) is 20.4 Å². The van der Waals surface area contributed by atoms with Crippen LogP contribution >= 0.6 is 0 Å². The Morgan fingerprint density at radius 3 is 2.57 bits per heavy atom. The van der Waals surface area contributed by atoms with Crippen molar-refractivity contribution in [2.75, 3.05) is 20.0 Å². The monoisotopic (exact) mass is 337 g/mol. The quantitative estimate of drug-likeness (QED) is 0.663. The molecule has 0 saturated heterocycles. The molecule has 2 rings (SSSR count).